The minimum Gasteiger partial charge on any atom is -0.444 e. The lowest BCUT2D eigenvalue weighted by Gasteiger charge is -2.25. The number of alkyl carbamates (subject to hydrolysis) is 1. The van der Waals surface area contributed by atoms with Gasteiger partial charge < -0.3 is 15.0 Å². The van der Waals surface area contributed by atoms with Gasteiger partial charge in [0, 0.05) is 17.4 Å². The molecule has 1 N–H and O–H groups in total. The lowest BCUT2D eigenvalue weighted by atomic mass is 10.1. The van der Waals surface area contributed by atoms with E-state index < -0.39 is 45.3 Å². The van der Waals surface area contributed by atoms with Crippen molar-refractivity contribution in [2.24, 2.45) is 4.99 Å². The van der Waals surface area contributed by atoms with Gasteiger partial charge in [-0.25, -0.2) is 17.6 Å². The predicted octanol–water partition coefficient (Wildman–Crippen LogP) is 4.22. The molecule has 3 atom stereocenters. The molecule has 198 valence electrons. The second-order valence-corrected chi connectivity index (χ2v) is 13.7. The number of carbonyl (C=O) groups is 2. The number of nitrogens with one attached hydrogen (secondary N) is 1. The second-order valence-electron chi connectivity index (χ2n) is 9.89. The maximum absolute atomic E-state index is 13.8. The monoisotopic (exact) mass is 567 g/mol. The van der Waals surface area contributed by atoms with Crippen LogP contribution < -0.4 is 10.2 Å². The highest BCUT2D eigenvalue weighted by Crippen LogP contribution is 2.41. The van der Waals surface area contributed by atoms with E-state index in [9.17, 15) is 22.4 Å². The van der Waals surface area contributed by atoms with E-state index in [2.05, 4.69) is 10.3 Å². The molecule has 0 aromatic heterocycles. The van der Waals surface area contributed by atoms with E-state index in [1.165, 1.54) is 30.0 Å². The number of amidine groups is 1. The number of carbonyl (C=O) groups excluding carboxylic acids is 2. The Morgan fingerprint density at radius 2 is 1.92 bits per heavy atom. The Labute approximate surface area is 224 Å². The van der Waals surface area contributed by atoms with E-state index >= 15 is 0 Å². The van der Waals surface area contributed by atoms with Crippen LogP contribution in [0, 0.1) is 5.82 Å². The molecule has 2 aromatic carbocycles. The van der Waals surface area contributed by atoms with Gasteiger partial charge in [0.25, 0.3) is 5.91 Å². The van der Waals surface area contributed by atoms with Gasteiger partial charge in [-0.05, 0) is 44.5 Å². The summed E-state index contributed by atoms with van der Waals surface area (Å²) in [4.78, 5) is 31.9. The number of rotatable bonds is 5. The summed E-state index contributed by atoms with van der Waals surface area (Å²) in [5, 5.41) is 2.40. The third-order valence-electron chi connectivity index (χ3n) is 5.73. The molecule has 4 rings (SSSR count). The zero-order valence-electron chi connectivity index (χ0n) is 20.5. The topological polar surface area (TPSA) is 105 Å². The molecule has 2 aromatic rings. The van der Waals surface area contributed by atoms with Crippen molar-refractivity contribution in [3.63, 3.8) is 0 Å². The van der Waals surface area contributed by atoms with Crippen molar-refractivity contribution < 1.29 is 27.1 Å². The molecule has 37 heavy (non-hydrogen) atoms. The number of thioether (sulfide) groups is 1. The Kier molecular flexibility index (Phi) is 7.87. The van der Waals surface area contributed by atoms with Gasteiger partial charge in [0.05, 0.1) is 22.6 Å². The SMILES string of the molecule is CC(C)(C)OC(=O)N[C@@H](Cc1ccccc1)C(=O)N=C1S[C@H]2CS(=O)(=O)C[C@@H]2N1c1ccc(F)c(Cl)c1. The minimum absolute atomic E-state index is 0.0649. The summed E-state index contributed by atoms with van der Waals surface area (Å²) >= 11 is 7.17. The summed E-state index contributed by atoms with van der Waals surface area (Å²) in [5.41, 5.74) is 0.468. The third-order valence-corrected chi connectivity index (χ3v) is 9.22. The molecular formula is C25H27ClFN3O5S2. The molecule has 0 spiro atoms. The first kappa shape index (κ1) is 27.4. The van der Waals surface area contributed by atoms with Gasteiger partial charge in [-0.3, -0.25) is 4.79 Å². The van der Waals surface area contributed by atoms with Crippen molar-refractivity contribution in [2.75, 3.05) is 16.4 Å². The quantitative estimate of drug-likeness (QED) is 0.577. The highest BCUT2D eigenvalue weighted by molar-refractivity contribution is 8.16. The summed E-state index contributed by atoms with van der Waals surface area (Å²) in [5.74, 6) is -1.44. The largest absolute Gasteiger partial charge is 0.444 e. The molecule has 0 unspecified atom stereocenters. The minimum atomic E-state index is -3.29. The second kappa shape index (κ2) is 10.6. The van der Waals surface area contributed by atoms with Crippen molar-refractivity contribution in [3.05, 3.63) is 64.9 Å². The molecule has 2 aliphatic rings. The van der Waals surface area contributed by atoms with Gasteiger partial charge >= 0.3 is 6.09 Å². The average molecular weight is 568 g/mol. The van der Waals surface area contributed by atoms with E-state index in [1.807, 2.05) is 30.3 Å². The van der Waals surface area contributed by atoms with E-state index in [0.717, 1.165) is 5.56 Å². The lowest BCUT2D eigenvalue weighted by Crippen LogP contribution is -2.45. The number of sulfone groups is 1. The molecule has 2 heterocycles. The molecule has 2 aliphatic heterocycles. The van der Waals surface area contributed by atoms with Crippen LogP contribution >= 0.6 is 23.4 Å². The van der Waals surface area contributed by atoms with Gasteiger partial charge in [0.2, 0.25) is 0 Å². The Balaban J connectivity index is 1.66. The van der Waals surface area contributed by atoms with Crippen LogP contribution in [0.1, 0.15) is 26.3 Å². The molecule has 2 amide bonds. The van der Waals surface area contributed by atoms with Gasteiger partial charge in [0.15, 0.2) is 15.0 Å². The fraction of sp³-hybridized carbons (Fsp3) is 0.400. The average Bonchev–Trinajstić information content (AvgIpc) is 3.25. The molecule has 0 saturated carbocycles. The first-order chi connectivity index (χ1) is 17.3. The number of ether oxygens (including phenoxy) is 1. The maximum Gasteiger partial charge on any atom is 0.408 e. The number of fused-ring (bicyclic) bond motifs is 1. The van der Waals surface area contributed by atoms with E-state index in [1.54, 1.807) is 25.7 Å². The molecule has 2 fully saturated rings. The first-order valence-corrected chi connectivity index (χ1v) is 14.7. The van der Waals surface area contributed by atoms with E-state index in [4.69, 9.17) is 16.3 Å². The summed E-state index contributed by atoms with van der Waals surface area (Å²) in [6.07, 6.45) is -0.588. The molecule has 8 nitrogen and oxygen atoms in total. The smallest absolute Gasteiger partial charge is 0.408 e. The Morgan fingerprint density at radius 1 is 1.22 bits per heavy atom. The van der Waals surface area contributed by atoms with Crippen LogP contribution in [0.2, 0.25) is 5.02 Å². The molecule has 0 radical (unpaired) electrons. The van der Waals surface area contributed by atoms with Crippen LogP contribution in [0.3, 0.4) is 0 Å². The van der Waals surface area contributed by atoms with Crippen LogP contribution in [0.15, 0.2) is 53.5 Å². The Hall–Kier alpha value is -2.63. The van der Waals surface area contributed by atoms with Crippen LogP contribution in [-0.2, 0) is 25.8 Å². The normalized spacial score (nSPS) is 22.5. The number of nitrogens with zero attached hydrogens (tertiary/aromatic N) is 2. The zero-order chi connectivity index (χ0) is 27.0. The fourth-order valence-corrected chi connectivity index (χ4v) is 8.27. The molecule has 12 heteroatoms. The molecule has 0 bridgehead atoms. The Morgan fingerprint density at radius 3 is 2.57 bits per heavy atom. The lowest BCUT2D eigenvalue weighted by molar-refractivity contribution is -0.119. The molecular weight excluding hydrogens is 541 g/mol. The van der Waals surface area contributed by atoms with Gasteiger partial charge in [0.1, 0.15) is 17.5 Å². The maximum atomic E-state index is 13.8. The van der Waals surface area contributed by atoms with Crippen molar-refractivity contribution in [1.82, 2.24) is 5.32 Å². The van der Waals surface area contributed by atoms with Gasteiger partial charge in [-0.2, -0.15) is 4.99 Å². The van der Waals surface area contributed by atoms with Gasteiger partial charge in [-0.1, -0.05) is 53.7 Å². The number of aliphatic imine (C=N–C) groups is 1. The van der Waals surface area contributed by atoms with Crippen LogP contribution in [0.4, 0.5) is 14.9 Å². The number of halogens is 2. The fourth-order valence-electron chi connectivity index (χ4n) is 4.17. The first-order valence-electron chi connectivity index (χ1n) is 11.6. The highest BCUT2D eigenvalue weighted by atomic mass is 35.5. The summed E-state index contributed by atoms with van der Waals surface area (Å²) in [6, 6.07) is 11.7. The summed E-state index contributed by atoms with van der Waals surface area (Å²) < 4.78 is 43.8. The van der Waals surface area contributed by atoms with E-state index in [0.29, 0.717) is 5.69 Å². The van der Waals surface area contributed by atoms with Crippen molar-refractivity contribution >= 4 is 56.1 Å². The van der Waals surface area contributed by atoms with Crippen molar-refractivity contribution in [3.8, 4) is 0 Å². The molecule has 2 saturated heterocycles. The Bertz CT molecular complexity index is 1330. The molecule has 0 aliphatic carbocycles. The zero-order valence-corrected chi connectivity index (χ0v) is 22.9. The van der Waals surface area contributed by atoms with Gasteiger partial charge in [-0.15, -0.1) is 0 Å². The van der Waals surface area contributed by atoms with Crippen molar-refractivity contribution in [1.29, 1.82) is 0 Å². The van der Waals surface area contributed by atoms with Crippen molar-refractivity contribution in [2.45, 2.75) is 50.1 Å². The number of benzene rings is 2. The van der Waals surface area contributed by atoms with Crippen LogP contribution in [-0.4, -0.2) is 60.0 Å². The highest BCUT2D eigenvalue weighted by Gasteiger charge is 2.49. The van der Waals surface area contributed by atoms with Crippen LogP contribution in [0.25, 0.3) is 0 Å². The standard InChI is InChI=1S/C25H27ClFN3O5S2/c1-25(2,3)35-24(32)28-19(11-15-7-5-4-6-8-15)22(31)29-23-30(16-9-10-18(27)17(26)12-16)20-13-37(33,34)14-21(20)36-23/h4-10,12,19-21H,11,13-14H2,1-3H3,(H,28,32)/t19-,20-,21-/m0/s1. The summed E-state index contributed by atoms with van der Waals surface area (Å²) in [6.45, 7) is 5.15. The number of anilines is 1. The number of hydrogen-bond donors (Lipinski definition) is 1. The van der Waals surface area contributed by atoms with E-state index in [-0.39, 0.29) is 33.4 Å². The number of hydrogen-bond acceptors (Lipinski definition) is 6. The number of amides is 2. The van der Waals surface area contributed by atoms with Crippen LogP contribution in [0.5, 0.6) is 0 Å². The summed E-state index contributed by atoms with van der Waals surface area (Å²) in [7, 11) is -3.29. The predicted molar refractivity (Wildman–Crippen MR) is 143 cm³/mol. The third kappa shape index (κ3) is 6.82.